The Hall–Kier alpha value is -0.0800. The first-order valence-corrected chi connectivity index (χ1v) is 3.41. The lowest BCUT2D eigenvalue weighted by molar-refractivity contribution is -0.0718. The maximum Gasteiger partial charge on any atom is 0.160 e. The Bertz CT molecular complexity index is 77.0. The second-order valence-electron chi connectivity index (χ2n) is 2.28. The Morgan fingerprint density at radius 3 is 2.56 bits per heavy atom. The summed E-state index contributed by atoms with van der Waals surface area (Å²) in [5.41, 5.74) is 0. The van der Waals surface area contributed by atoms with Gasteiger partial charge in [0.1, 0.15) is 0 Å². The van der Waals surface area contributed by atoms with Gasteiger partial charge in [-0.15, -0.1) is 0 Å². The van der Waals surface area contributed by atoms with Gasteiger partial charge in [0.25, 0.3) is 0 Å². The summed E-state index contributed by atoms with van der Waals surface area (Å²) >= 11 is 0. The van der Waals surface area contributed by atoms with Crippen molar-refractivity contribution in [3.8, 4) is 0 Å². The fourth-order valence-electron chi connectivity index (χ4n) is 0.841. The normalized spacial score (nSPS) is 24.7. The SMILES string of the molecule is [CH2]C(CC)C1OCCO1. The molecular formula is C7H13O2. The molecule has 9 heavy (non-hydrogen) atoms. The molecule has 1 unspecified atom stereocenters. The van der Waals surface area contributed by atoms with Crippen LogP contribution in [0, 0.1) is 12.8 Å². The van der Waals surface area contributed by atoms with Crippen LogP contribution in [0.5, 0.6) is 0 Å². The minimum Gasteiger partial charge on any atom is -0.350 e. The van der Waals surface area contributed by atoms with Gasteiger partial charge in [-0.05, 0) is 13.3 Å². The second-order valence-corrected chi connectivity index (χ2v) is 2.28. The zero-order chi connectivity index (χ0) is 6.69. The van der Waals surface area contributed by atoms with Gasteiger partial charge in [0, 0.05) is 5.92 Å². The fourth-order valence-corrected chi connectivity index (χ4v) is 0.841. The topological polar surface area (TPSA) is 18.5 Å². The van der Waals surface area contributed by atoms with Crippen LogP contribution in [0.4, 0.5) is 0 Å². The Labute approximate surface area is 56.2 Å². The first-order valence-electron chi connectivity index (χ1n) is 3.41. The summed E-state index contributed by atoms with van der Waals surface area (Å²) in [5, 5.41) is 0. The van der Waals surface area contributed by atoms with Crippen LogP contribution in [-0.4, -0.2) is 19.5 Å². The van der Waals surface area contributed by atoms with Crippen molar-refractivity contribution in [3.05, 3.63) is 6.92 Å². The maximum atomic E-state index is 5.22. The Morgan fingerprint density at radius 2 is 2.11 bits per heavy atom. The van der Waals surface area contributed by atoms with Crippen LogP contribution in [0.1, 0.15) is 13.3 Å². The summed E-state index contributed by atoms with van der Waals surface area (Å²) < 4.78 is 10.4. The molecule has 1 radical (unpaired) electrons. The lowest BCUT2D eigenvalue weighted by Gasteiger charge is -2.14. The molecule has 0 bridgehead atoms. The summed E-state index contributed by atoms with van der Waals surface area (Å²) in [4.78, 5) is 0. The van der Waals surface area contributed by atoms with E-state index in [9.17, 15) is 0 Å². The standard InChI is InChI=1S/C7H13O2/c1-3-6(2)7-8-4-5-9-7/h6-7H,2-5H2,1H3. The minimum atomic E-state index is -0.0324. The zero-order valence-corrected chi connectivity index (χ0v) is 5.80. The van der Waals surface area contributed by atoms with E-state index >= 15 is 0 Å². The highest BCUT2D eigenvalue weighted by Crippen LogP contribution is 2.15. The molecule has 0 spiro atoms. The first kappa shape index (κ1) is 7.03. The van der Waals surface area contributed by atoms with Gasteiger partial charge in [0.15, 0.2) is 6.29 Å². The summed E-state index contributed by atoms with van der Waals surface area (Å²) in [5.74, 6) is 0.299. The molecule has 1 fully saturated rings. The molecule has 53 valence electrons. The van der Waals surface area contributed by atoms with Gasteiger partial charge in [0.2, 0.25) is 0 Å². The van der Waals surface area contributed by atoms with Gasteiger partial charge in [0.05, 0.1) is 13.2 Å². The van der Waals surface area contributed by atoms with Gasteiger partial charge in [-0.3, -0.25) is 0 Å². The molecule has 1 heterocycles. The monoisotopic (exact) mass is 129 g/mol. The van der Waals surface area contributed by atoms with Crippen LogP contribution >= 0.6 is 0 Å². The highest BCUT2D eigenvalue weighted by Gasteiger charge is 2.21. The first-order chi connectivity index (χ1) is 4.34. The van der Waals surface area contributed by atoms with Crippen molar-refractivity contribution in [1.82, 2.24) is 0 Å². The smallest absolute Gasteiger partial charge is 0.160 e. The summed E-state index contributed by atoms with van der Waals surface area (Å²) in [6.45, 7) is 7.44. The van der Waals surface area contributed by atoms with E-state index in [1.807, 2.05) is 0 Å². The molecule has 0 N–H and O–H groups in total. The van der Waals surface area contributed by atoms with Crippen molar-refractivity contribution in [2.45, 2.75) is 19.6 Å². The number of hydrogen-bond acceptors (Lipinski definition) is 2. The van der Waals surface area contributed by atoms with E-state index in [2.05, 4.69) is 13.8 Å². The molecule has 0 aromatic carbocycles. The Balaban J connectivity index is 2.24. The number of ether oxygens (including phenoxy) is 2. The van der Waals surface area contributed by atoms with E-state index in [4.69, 9.17) is 9.47 Å². The van der Waals surface area contributed by atoms with E-state index < -0.39 is 0 Å². The molecule has 0 amide bonds. The summed E-state index contributed by atoms with van der Waals surface area (Å²) in [6, 6.07) is 0. The average Bonchev–Trinajstić information content (AvgIpc) is 2.37. The van der Waals surface area contributed by atoms with Crippen LogP contribution in [0.15, 0.2) is 0 Å². The third kappa shape index (κ3) is 1.66. The van der Waals surface area contributed by atoms with E-state index in [0.717, 1.165) is 19.6 Å². The lowest BCUT2D eigenvalue weighted by Crippen LogP contribution is -2.17. The molecule has 2 heteroatoms. The maximum absolute atomic E-state index is 5.22. The van der Waals surface area contributed by atoms with E-state index in [0.29, 0.717) is 5.92 Å². The zero-order valence-electron chi connectivity index (χ0n) is 5.80. The molecule has 0 aromatic heterocycles. The quantitative estimate of drug-likeness (QED) is 0.558. The van der Waals surface area contributed by atoms with Gasteiger partial charge in [-0.1, -0.05) is 6.92 Å². The highest BCUT2D eigenvalue weighted by atomic mass is 16.7. The molecular weight excluding hydrogens is 116 g/mol. The molecule has 0 aromatic rings. The van der Waals surface area contributed by atoms with Crippen LogP contribution < -0.4 is 0 Å². The highest BCUT2D eigenvalue weighted by molar-refractivity contribution is 4.65. The molecule has 2 nitrogen and oxygen atoms in total. The van der Waals surface area contributed by atoms with E-state index in [1.165, 1.54) is 0 Å². The fraction of sp³-hybridized carbons (Fsp3) is 0.857. The third-order valence-electron chi connectivity index (χ3n) is 1.56. The molecule has 1 rings (SSSR count). The summed E-state index contributed by atoms with van der Waals surface area (Å²) in [7, 11) is 0. The molecule has 0 aliphatic carbocycles. The Kier molecular flexibility index (Phi) is 2.49. The van der Waals surface area contributed by atoms with Gasteiger partial charge >= 0.3 is 0 Å². The van der Waals surface area contributed by atoms with Gasteiger partial charge in [-0.25, -0.2) is 0 Å². The Morgan fingerprint density at radius 1 is 1.56 bits per heavy atom. The van der Waals surface area contributed by atoms with Crippen LogP contribution in [0.3, 0.4) is 0 Å². The molecule has 1 aliphatic heterocycles. The van der Waals surface area contributed by atoms with Crippen molar-refractivity contribution < 1.29 is 9.47 Å². The molecule has 1 aliphatic rings. The van der Waals surface area contributed by atoms with E-state index in [1.54, 1.807) is 0 Å². The van der Waals surface area contributed by atoms with Crippen molar-refractivity contribution in [3.63, 3.8) is 0 Å². The number of rotatable bonds is 2. The van der Waals surface area contributed by atoms with Crippen molar-refractivity contribution in [2.75, 3.05) is 13.2 Å². The average molecular weight is 129 g/mol. The van der Waals surface area contributed by atoms with Crippen LogP contribution in [-0.2, 0) is 9.47 Å². The molecule has 1 atom stereocenters. The van der Waals surface area contributed by atoms with E-state index in [-0.39, 0.29) is 6.29 Å². The van der Waals surface area contributed by atoms with Crippen LogP contribution in [0.25, 0.3) is 0 Å². The predicted molar refractivity (Wildman–Crippen MR) is 34.8 cm³/mol. The largest absolute Gasteiger partial charge is 0.350 e. The second kappa shape index (κ2) is 3.18. The van der Waals surface area contributed by atoms with Gasteiger partial charge < -0.3 is 9.47 Å². The third-order valence-corrected chi connectivity index (χ3v) is 1.56. The van der Waals surface area contributed by atoms with Crippen LogP contribution in [0.2, 0.25) is 0 Å². The lowest BCUT2D eigenvalue weighted by atomic mass is 10.1. The van der Waals surface area contributed by atoms with Crippen molar-refractivity contribution in [1.29, 1.82) is 0 Å². The molecule has 0 saturated carbocycles. The predicted octanol–water partition coefficient (Wildman–Crippen LogP) is 1.22. The molecule has 1 saturated heterocycles. The summed E-state index contributed by atoms with van der Waals surface area (Å²) in [6.07, 6.45) is 0.986. The van der Waals surface area contributed by atoms with Crippen molar-refractivity contribution >= 4 is 0 Å². The van der Waals surface area contributed by atoms with Gasteiger partial charge in [-0.2, -0.15) is 0 Å². The minimum absolute atomic E-state index is 0.0324. The number of hydrogen-bond donors (Lipinski definition) is 0. The van der Waals surface area contributed by atoms with Crippen molar-refractivity contribution in [2.24, 2.45) is 5.92 Å².